The number of pyridine rings is 1. The van der Waals surface area contributed by atoms with Crippen LogP contribution >= 0.6 is 23.1 Å². The molecule has 2 atom stereocenters. The second kappa shape index (κ2) is 9.93. The number of fused-ring (bicyclic) bond motifs is 1. The van der Waals surface area contributed by atoms with Crippen LogP contribution in [0.3, 0.4) is 0 Å². The van der Waals surface area contributed by atoms with E-state index in [0.717, 1.165) is 58.5 Å². The lowest BCUT2D eigenvalue weighted by Gasteiger charge is -2.44. The first kappa shape index (κ1) is 23.1. The fraction of sp³-hybridized carbons (Fsp3) is 0.478. The van der Waals surface area contributed by atoms with E-state index in [2.05, 4.69) is 44.5 Å². The molecule has 0 saturated carbocycles. The average molecular weight is 498 g/mol. The summed E-state index contributed by atoms with van der Waals surface area (Å²) >= 11 is 2.97. The molecule has 4 aromatic heterocycles. The first-order chi connectivity index (χ1) is 16.6. The van der Waals surface area contributed by atoms with Crippen molar-refractivity contribution >= 4 is 33.4 Å². The summed E-state index contributed by atoms with van der Waals surface area (Å²) in [7, 11) is 0. The van der Waals surface area contributed by atoms with Gasteiger partial charge in [0.1, 0.15) is 10.3 Å². The number of piperidine rings is 1. The number of nitrogens with one attached hydrogen (secondary N) is 1. The highest BCUT2D eigenvalue weighted by Crippen LogP contribution is 2.44. The van der Waals surface area contributed by atoms with Crippen molar-refractivity contribution in [3.8, 4) is 16.5 Å². The molecule has 4 aromatic rings. The molecule has 5 heterocycles. The Kier molecular flexibility index (Phi) is 6.75. The Labute approximate surface area is 206 Å². The molecule has 1 aliphatic rings. The van der Waals surface area contributed by atoms with Crippen LogP contribution in [0.5, 0.6) is 5.19 Å². The van der Waals surface area contributed by atoms with Gasteiger partial charge in [0.05, 0.1) is 18.5 Å². The quantitative estimate of drug-likeness (QED) is 0.280. The summed E-state index contributed by atoms with van der Waals surface area (Å²) in [6.07, 6.45) is 9.08. The number of aromatic nitrogens is 6. The van der Waals surface area contributed by atoms with E-state index < -0.39 is 0 Å². The van der Waals surface area contributed by atoms with Gasteiger partial charge in [0.2, 0.25) is 0 Å². The molecule has 9 nitrogen and oxygen atoms in total. The maximum Gasteiger partial charge on any atom is 0.275 e. The zero-order valence-electron chi connectivity index (χ0n) is 19.4. The molecule has 178 valence electrons. The number of thiazole rings is 1. The summed E-state index contributed by atoms with van der Waals surface area (Å²) in [5, 5.41) is 12.6. The second-order valence-corrected chi connectivity index (χ2v) is 10.5. The van der Waals surface area contributed by atoms with Crippen LogP contribution in [0.2, 0.25) is 0 Å². The van der Waals surface area contributed by atoms with Gasteiger partial charge in [-0.3, -0.25) is 0 Å². The summed E-state index contributed by atoms with van der Waals surface area (Å²) in [6, 6.07) is 3.91. The van der Waals surface area contributed by atoms with E-state index in [1.54, 1.807) is 18.6 Å². The van der Waals surface area contributed by atoms with Crippen LogP contribution in [-0.2, 0) is 5.41 Å². The first-order valence-electron chi connectivity index (χ1n) is 11.3. The Bertz CT molecular complexity index is 1230. The minimum atomic E-state index is -0.159. The zero-order valence-corrected chi connectivity index (χ0v) is 21.0. The topological polar surface area (TPSA) is 112 Å². The van der Waals surface area contributed by atoms with Crippen molar-refractivity contribution in [2.75, 3.05) is 26.0 Å². The smallest absolute Gasteiger partial charge is 0.275 e. The molecule has 1 unspecified atom stereocenters. The molecule has 1 saturated heterocycles. The summed E-state index contributed by atoms with van der Waals surface area (Å²) in [6.45, 7) is 6.91. The zero-order chi connectivity index (χ0) is 23.5. The highest BCUT2D eigenvalue weighted by molar-refractivity contribution is 7.98. The van der Waals surface area contributed by atoms with Gasteiger partial charge in [-0.15, -0.1) is 5.10 Å². The van der Waals surface area contributed by atoms with E-state index >= 15 is 0 Å². The van der Waals surface area contributed by atoms with Crippen molar-refractivity contribution in [2.45, 2.75) is 37.3 Å². The summed E-state index contributed by atoms with van der Waals surface area (Å²) in [5.41, 5.74) is 2.36. The number of ether oxygens (including phenoxy) is 1. The van der Waals surface area contributed by atoms with E-state index in [1.165, 1.54) is 23.1 Å². The van der Waals surface area contributed by atoms with Crippen molar-refractivity contribution in [2.24, 2.45) is 11.8 Å². The number of rotatable bonds is 8. The van der Waals surface area contributed by atoms with Crippen molar-refractivity contribution in [3.63, 3.8) is 0 Å². The molecule has 5 rings (SSSR count). The van der Waals surface area contributed by atoms with Crippen LogP contribution in [0, 0.1) is 11.8 Å². The van der Waals surface area contributed by atoms with Crippen LogP contribution < -0.4 is 10.1 Å². The number of hydrogen-bond acceptors (Lipinski definition) is 11. The van der Waals surface area contributed by atoms with E-state index in [4.69, 9.17) is 14.2 Å². The maximum absolute atomic E-state index is 6.16. The predicted octanol–water partition coefficient (Wildman–Crippen LogP) is 4.23. The maximum atomic E-state index is 6.16. The molecule has 1 fully saturated rings. The third-order valence-corrected chi connectivity index (χ3v) is 8.05. The van der Waals surface area contributed by atoms with Crippen LogP contribution in [0.25, 0.3) is 21.6 Å². The van der Waals surface area contributed by atoms with Crippen LogP contribution in [0.4, 0.5) is 0 Å². The van der Waals surface area contributed by atoms with E-state index in [9.17, 15) is 0 Å². The van der Waals surface area contributed by atoms with E-state index in [1.807, 2.05) is 18.4 Å². The molecule has 0 amide bonds. The van der Waals surface area contributed by atoms with Gasteiger partial charge >= 0.3 is 0 Å². The average Bonchev–Trinajstić information content (AvgIpc) is 3.54. The van der Waals surface area contributed by atoms with Gasteiger partial charge in [-0.1, -0.05) is 36.9 Å². The molecule has 0 aliphatic carbocycles. The lowest BCUT2D eigenvalue weighted by Crippen LogP contribution is -2.50. The second-order valence-electron chi connectivity index (χ2n) is 8.80. The SMILES string of the molecule is CSc1ncc(-c2ccc3nc(OCC[C@@]4(c5cnno5)CCNCC4C(C)C)sc3n2)cn1. The van der Waals surface area contributed by atoms with Crippen LogP contribution in [0.15, 0.2) is 40.4 Å². The van der Waals surface area contributed by atoms with Crippen molar-refractivity contribution < 1.29 is 9.26 Å². The van der Waals surface area contributed by atoms with Crippen LogP contribution in [0.1, 0.15) is 32.4 Å². The van der Waals surface area contributed by atoms with Crippen molar-refractivity contribution in [1.29, 1.82) is 0 Å². The molecule has 1 aliphatic heterocycles. The third-order valence-electron chi connectivity index (χ3n) is 6.59. The minimum absolute atomic E-state index is 0.159. The minimum Gasteiger partial charge on any atom is -0.470 e. The first-order valence-corrected chi connectivity index (χ1v) is 13.4. The Hall–Kier alpha value is -2.63. The fourth-order valence-electron chi connectivity index (χ4n) is 4.84. The number of thioether (sulfide) groups is 1. The normalized spacial score (nSPS) is 20.8. The lowest BCUT2D eigenvalue weighted by molar-refractivity contribution is 0.0902. The number of nitrogens with zero attached hydrogens (tertiary/aromatic N) is 6. The van der Waals surface area contributed by atoms with Gasteiger partial charge in [0.25, 0.3) is 5.19 Å². The molecule has 11 heteroatoms. The molecule has 1 N–H and O–H groups in total. The highest BCUT2D eigenvalue weighted by atomic mass is 32.2. The van der Waals surface area contributed by atoms with Gasteiger partial charge < -0.3 is 14.6 Å². The molecular formula is C23H27N7O2S2. The summed E-state index contributed by atoms with van der Waals surface area (Å²) in [5.74, 6) is 1.73. The van der Waals surface area contributed by atoms with Crippen LogP contribution in [-0.4, -0.2) is 56.3 Å². The van der Waals surface area contributed by atoms with Crippen molar-refractivity contribution in [1.82, 2.24) is 35.6 Å². The molecule has 0 radical (unpaired) electrons. The van der Waals surface area contributed by atoms with Gasteiger partial charge in [0, 0.05) is 28.6 Å². The standard InChI is InChI=1S/C23H27N7O2S2/c1-14(2)16-12-24-8-6-23(16,19-13-27-30-32-19)7-9-31-22-29-18-5-4-17(28-20(18)34-22)15-10-25-21(33-3)26-11-15/h4-5,10-11,13-14,16,24H,6-9,12H2,1-3H3/t16?,23-/m0/s1. The van der Waals surface area contributed by atoms with Gasteiger partial charge in [-0.05, 0) is 56.2 Å². The van der Waals surface area contributed by atoms with E-state index in [0.29, 0.717) is 23.6 Å². The molecule has 34 heavy (non-hydrogen) atoms. The summed E-state index contributed by atoms with van der Waals surface area (Å²) in [4.78, 5) is 18.9. The monoisotopic (exact) mass is 497 g/mol. The molecular weight excluding hydrogens is 470 g/mol. The van der Waals surface area contributed by atoms with Gasteiger partial charge in [0.15, 0.2) is 10.9 Å². The molecule has 0 spiro atoms. The fourth-order valence-corrected chi connectivity index (χ4v) is 5.97. The largest absolute Gasteiger partial charge is 0.470 e. The third kappa shape index (κ3) is 4.51. The molecule has 0 bridgehead atoms. The van der Waals surface area contributed by atoms with Gasteiger partial charge in [-0.2, -0.15) is 0 Å². The molecule has 0 aromatic carbocycles. The Morgan fingerprint density at radius 2 is 2.09 bits per heavy atom. The highest BCUT2D eigenvalue weighted by Gasteiger charge is 2.46. The lowest BCUT2D eigenvalue weighted by atomic mass is 9.63. The Morgan fingerprint density at radius 1 is 1.24 bits per heavy atom. The number of hydrogen-bond donors (Lipinski definition) is 1. The predicted molar refractivity (Wildman–Crippen MR) is 132 cm³/mol. The van der Waals surface area contributed by atoms with E-state index in [-0.39, 0.29) is 5.41 Å². The summed E-state index contributed by atoms with van der Waals surface area (Å²) < 4.78 is 11.8. The Morgan fingerprint density at radius 3 is 2.82 bits per heavy atom. The van der Waals surface area contributed by atoms with Gasteiger partial charge in [-0.25, -0.2) is 19.9 Å². The Balaban J connectivity index is 1.33. The van der Waals surface area contributed by atoms with Crippen molar-refractivity contribution in [3.05, 3.63) is 36.5 Å².